The number of aryl methyl sites for hydroxylation is 1. The number of nitrogens with zero attached hydrogens (tertiary/aromatic N) is 1. The molecule has 2 aliphatic rings. The van der Waals surface area contributed by atoms with Crippen LogP contribution in [0.5, 0.6) is 5.75 Å². The molecular weight excluding hydrogens is 398 g/mol. The molecule has 1 saturated carbocycles. The standard InChI is InChI=1S/C24H25NO2S2/c1-17-7-9-19(10-8-17)16-27-21-13-11-18(12-14-21)15-22-23(26)25(24(28)29-22)20-5-3-2-4-6-20/h7-15,20H,2-6,16H2,1H3/b22-15-. The number of amides is 1. The predicted molar refractivity (Wildman–Crippen MR) is 124 cm³/mol. The molecule has 0 N–H and O–H groups in total. The van der Waals surface area contributed by atoms with E-state index in [0.29, 0.717) is 15.8 Å². The van der Waals surface area contributed by atoms with E-state index in [2.05, 4.69) is 31.2 Å². The highest BCUT2D eigenvalue weighted by Gasteiger charge is 2.37. The van der Waals surface area contributed by atoms with Crippen LogP contribution in [0.2, 0.25) is 0 Å². The van der Waals surface area contributed by atoms with Crippen LogP contribution < -0.4 is 4.74 Å². The second-order valence-electron chi connectivity index (χ2n) is 7.69. The Hall–Kier alpha value is -2.11. The summed E-state index contributed by atoms with van der Waals surface area (Å²) in [6, 6.07) is 16.5. The van der Waals surface area contributed by atoms with E-state index >= 15 is 0 Å². The van der Waals surface area contributed by atoms with Crippen molar-refractivity contribution in [2.24, 2.45) is 0 Å². The van der Waals surface area contributed by atoms with Crippen molar-refractivity contribution < 1.29 is 9.53 Å². The van der Waals surface area contributed by atoms with Crippen molar-refractivity contribution in [2.45, 2.75) is 51.7 Å². The largest absolute Gasteiger partial charge is 0.489 e. The van der Waals surface area contributed by atoms with Crippen molar-refractivity contribution in [3.8, 4) is 5.75 Å². The zero-order valence-electron chi connectivity index (χ0n) is 16.6. The maximum atomic E-state index is 12.9. The summed E-state index contributed by atoms with van der Waals surface area (Å²) in [5.74, 6) is 0.879. The molecule has 3 nitrogen and oxygen atoms in total. The molecule has 0 unspecified atom stereocenters. The Morgan fingerprint density at radius 1 is 1.07 bits per heavy atom. The Morgan fingerprint density at radius 3 is 2.45 bits per heavy atom. The predicted octanol–water partition coefficient (Wildman–Crippen LogP) is 6.11. The molecule has 150 valence electrons. The van der Waals surface area contributed by atoms with Gasteiger partial charge in [-0.25, -0.2) is 0 Å². The van der Waals surface area contributed by atoms with Crippen LogP contribution >= 0.6 is 24.0 Å². The van der Waals surface area contributed by atoms with Crippen LogP contribution in [-0.2, 0) is 11.4 Å². The lowest BCUT2D eigenvalue weighted by Crippen LogP contribution is -2.39. The molecule has 1 aliphatic heterocycles. The zero-order valence-corrected chi connectivity index (χ0v) is 18.2. The second kappa shape index (κ2) is 9.14. The fourth-order valence-electron chi connectivity index (χ4n) is 3.80. The van der Waals surface area contributed by atoms with Gasteiger partial charge >= 0.3 is 0 Å². The Bertz CT molecular complexity index is 913. The molecule has 1 saturated heterocycles. The van der Waals surface area contributed by atoms with Crippen LogP contribution in [0.3, 0.4) is 0 Å². The minimum absolute atomic E-state index is 0.0617. The van der Waals surface area contributed by atoms with Crippen molar-refractivity contribution in [3.63, 3.8) is 0 Å². The first-order valence-electron chi connectivity index (χ1n) is 10.2. The van der Waals surface area contributed by atoms with Crippen LogP contribution in [0.15, 0.2) is 53.4 Å². The number of carbonyl (C=O) groups excluding carboxylic acids is 1. The average molecular weight is 424 g/mol. The summed E-state index contributed by atoms with van der Waals surface area (Å²) < 4.78 is 6.57. The summed E-state index contributed by atoms with van der Waals surface area (Å²) in [4.78, 5) is 15.5. The molecule has 2 aromatic rings. The SMILES string of the molecule is Cc1ccc(COc2ccc(/C=C3\SC(=S)N(C4CCCCC4)C3=O)cc2)cc1. The number of hydrogen-bond donors (Lipinski definition) is 0. The van der Waals surface area contributed by atoms with E-state index in [4.69, 9.17) is 17.0 Å². The molecule has 1 aliphatic carbocycles. The van der Waals surface area contributed by atoms with Gasteiger partial charge in [0.05, 0.1) is 4.91 Å². The minimum atomic E-state index is 0.0617. The third-order valence-corrected chi connectivity index (χ3v) is 6.80. The molecule has 5 heteroatoms. The first-order valence-corrected chi connectivity index (χ1v) is 11.4. The van der Waals surface area contributed by atoms with Gasteiger partial charge in [0, 0.05) is 6.04 Å². The van der Waals surface area contributed by atoms with E-state index in [1.807, 2.05) is 35.2 Å². The van der Waals surface area contributed by atoms with Crippen LogP contribution in [-0.4, -0.2) is 21.2 Å². The van der Waals surface area contributed by atoms with Gasteiger partial charge in [-0.1, -0.05) is 85.2 Å². The Kier molecular flexibility index (Phi) is 6.36. The van der Waals surface area contributed by atoms with Gasteiger partial charge in [-0.05, 0) is 49.1 Å². The van der Waals surface area contributed by atoms with Gasteiger partial charge in [0.25, 0.3) is 5.91 Å². The fourth-order valence-corrected chi connectivity index (χ4v) is 5.20. The van der Waals surface area contributed by atoms with Crippen LogP contribution in [0.25, 0.3) is 6.08 Å². The Balaban J connectivity index is 1.39. The normalized spacial score (nSPS) is 19.2. The van der Waals surface area contributed by atoms with Crippen molar-refractivity contribution in [1.82, 2.24) is 4.90 Å². The molecule has 4 rings (SSSR count). The molecule has 0 bridgehead atoms. The summed E-state index contributed by atoms with van der Waals surface area (Å²) in [7, 11) is 0. The topological polar surface area (TPSA) is 29.5 Å². The third-order valence-electron chi connectivity index (χ3n) is 5.47. The van der Waals surface area contributed by atoms with E-state index in [-0.39, 0.29) is 11.9 Å². The Morgan fingerprint density at radius 2 is 1.76 bits per heavy atom. The summed E-state index contributed by atoms with van der Waals surface area (Å²) in [5, 5.41) is 0. The maximum Gasteiger partial charge on any atom is 0.266 e. The maximum absolute atomic E-state index is 12.9. The highest BCUT2D eigenvalue weighted by Crippen LogP contribution is 2.37. The van der Waals surface area contributed by atoms with E-state index in [9.17, 15) is 4.79 Å². The van der Waals surface area contributed by atoms with Gasteiger partial charge in [-0.3, -0.25) is 9.69 Å². The quantitative estimate of drug-likeness (QED) is 0.429. The minimum Gasteiger partial charge on any atom is -0.489 e. The van der Waals surface area contributed by atoms with Crippen molar-refractivity contribution in [1.29, 1.82) is 0 Å². The van der Waals surface area contributed by atoms with E-state index in [0.717, 1.165) is 29.7 Å². The molecule has 29 heavy (non-hydrogen) atoms. The molecule has 0 aromatic heterocycles. The molecule has 0 spiro atoms. The first-order chi connectivity index (χ1) is 14.1. The molecule has 0 atom stereocenters. The number of ether oxygens (including phenoxy) is 1. The molecule has 1 heterocycles. The van der Waals surface area contributed by atoms with Crippen LogP contribution in [0.1, 0.15) is 48.8 Å². The number of rotatable bonds is 5. The molecular formula is C24H25NO2S2. The van der Waals surface area contributed by atoms with E-state index in [1.165, 1.54) is 36.6 Å². The average Bonchev–Trinajstić information content (AvgIpc) is 3.02. The number of thiocarbonyl (C=S) groups is 1. The van der Waals surface area contributed by atoms with Crippen molar-refractivity contribution in [2.75, 3.05) is 0 Å². The summed E-state index contributed by atoms with van der Waals surface area (Å²) >= 11 is 6.93. The van der Waals surface area contributed by atoms with Gasteiger partial charge in [0.1, 0.15) is 16.7 Å². The van der Waals surface area contributed by atoms with Crippen LogP contribution in [0, 0.1) is 6.92 Å². The highest BCUT2D eigenvalue weighted by molar-refractivity contribution is 8.26. The molecule has 2 fully saturated rings. The smallest absolute Gasteiger partial charge is 0.266 e. The van der Waals surface area contributed by atoms with E-state index < -0.39 is 0 Å². The van der Waals surface area contributed by atoms with Crippen molar-refractivity contribution >= 4 is 40.3 Å². The van der Waals surface area contributed by atoms with Crippen LogP contribution in [0.4, 0.5) is 0 Å². The van der Waals surface area contributed by atoms with Gasteiger partial charge in [0.15, 0.2) is 0 Å². The lowest BCUT2D eigenvalue weighted by Gasteiger charge is -2.29. The third kappa shape index (κ3) is 4.90. The monoisotopic (exact) mass is 423 g/mol. The zero-order chi connectivity index (χ0) is 20.2. The fraction of sp³-hybridized carbons (Fsp3) is 0.333. The summed E-state index contributed by atoms with van der Waals surface area (Å²) in [5.41, 5.74) is 3.37. The summed E-state index contributed by atoms with van der Waals surface area (Å²) in [6.45, 7) is 2.62. The number of thioether (sulfide) groups is 1. The molecule has 1 amide bonds. The summed E-state index contributed by atoms with van der Waals surface area (Å²) in [6.07, 6.45) is 7.69. The van der Waals surface area contributed by atoms with E-state index in [1.54, 1.807) is 0 Å². The lowest BCUT2D eigenvalue weighted by molar-refractivity contribution is -0.124. The Labute approximate surface area is 182 Å². The van der Waals surface area contributed by atoms with Gasteiger partial charge in [-0.15, -0.1) is 0 Å². The molecule has 2 aromatic carbocycles. The second-order valence-corrected chi connectivity index (χ2v) is 9.36. The number of hydrogen-bond acceptors (Lipinski definition) is 4. The number of benzene rings is 2. The first kappa shape index (κ1) is 20.2. The number of carbonyl (C=O) groups is 1. The van der Waals surface area contributed by atoms with Gasteiger partial charge in [0.2, 0.25) is 0 Å². The van der Waals surface area contributed by atoms with Crippen molar-refractivity contribution in [3.05, 3.63) is 70.1 Å². The van der Waals surface area contributed by atoms with Gasteiger partial charge < -0.3 is 4.74 Å². The van der Waals surface area contributed by atoms with Gasteiger partial charge in [-0.2, -0.15) is 0 Å². The molecule has 0 radical (unpaired) electrons. The lowest BCUT2D eigenvalue weighted by atomic mass is 9.94. The highest BCUT2D eigenvalue weighted by atomic mass is 32.2.